The third-order valence-electron chi connectivity index (χ3n) is 3.57. The fourth-order valence-corrected chi connectivity index (χ4v) is 2.56. The summed E-state index contributed by atoms with van der Waals surface area (Å²) in [4.78, 5) is 25.9. The van der Waals surface area contributed by atoms with Crippen LogP contribution >= 0.6 is 11.6 Å². The van der Waals surface area contributed by atoms with Crippen molar-refractivity contribution in [1.82, 2.24) is 10.2 Å². The van der Waals surface area contributed by atoms with Crippen LogP contribution in [0.2, 0.25) is 5.02 Å². The number of nitrogens with one attached hydrogen (secondary N) is 1. The zero-order valence-corrected chi connectivity index (χ0v) is 14.5. The van der Waals surface area contributed by atoms with Gasteiger partial charge in [0.1, 0.15) is 6.10 Å². The van der Waals surface area contributed by atoms with Gasteiger partial charge in [-0.15, -0.1) is 0 Å². The molecular formula is C17H23ClN2O3. The second-order valence-electron chi connectivity index (χ2n) is 6.78. The average molecular weight is 339 g/mol. The molecule has 2 rings (SSSR count). The summed E-state index contributed by atoms with van der Waals surface area (Å²) in [5, 5.41) is 3.39. The molecule has 1 aliphatic rings. The molecule has 1 saturated heterocycles. The van der Waals surface area contributed by atoms with Crippen LogP contribution in [-0.2, 0) is 4.74 Å². The van der Waals surface area contributed by atoms with Gasteiger partial charge >= 0.3 is 6.09 Å². The number of carbonyl (C=O) groups excluding carboxylic acids is 2. The molecule has 1 aromatic carbocycles. The lowest BCUT2D eigenvalue weighted by atomic mass is 10.1. The molecule has 5 nitrogen and oxygen atoms in total. The van der Waals surface area contributed by atoms with E-state index in [1.54, 1.807) is 29.2 Å². The number of ether oxygens (including phenoxy) is 1. The third-order valence-corrected chi connectivity index (χ3v) is 3.82. The lowest BCUT2D eigenvalue weighted by Crippen LogP contribution is -2.45. The fourth-order valence-electron chi connectivity index (χ4n) is 2.44. The minimum atomic E-state index is -0.403. The number of halogens is 1. The van der Waals surface area contributed by atoms with Crippen molar-refractivity contribution in [2.75, 3.05) is 13.1 Å². The predicted octanol–water partition coefficient (Wildman–Crippen LogP) is 3.47. The third kappa shape index (κ3) is 5.43. The zero-order chi connectivity index (χ0) is 17.0. The van der Waals surface area contributed by atoms with E-state index >= 15 is 0 Å². The van der Waals surface area contributed by atoms with E-state index in [4.69, 9.17) is 16.3 Å². The molecule has 0 bridgehead atoms. The van der Waals surface area contributed by atoms with Gasteiger partial charge in [0.15, 0.2) is 0 Å². The average Bonchev–Trinajstić information content (AvgIpc) is 2.46. The SMILES string of the molecule is CC(C)(C)NC(=O)OC1CCN(C(=O)c2ccc(Cl)cc2)CC1. The molecule has 126 valence electrons. The molecule has 1 aromatic rings. The Kier molecular flexibility index (Phi) is 5.52. The molecular weight excluding hydrogens is 316 g/mol. The number of hydrogen-bond acceptors (Lipinski definition) is 3. The highest BCUT2D eigenvalue weighted by atomic mass is 35.5. The van der Waals surface area contributed by atoms with E-state index < -0.39 is 6.09 Å². The number of nitrogens with zero attached hydrogens (tertiary/aromatic N) is 1. The summed E-state index contributed by atoms with van der Waals surface area (Å²) < 4.78 is 5.41. The van der Waals surface area contributed by atoms with Crippen LogP contribution in [0.4, 0.5) is 4.79 Å². The van der Waals surface area contributed by atoms with Crippen molar-refractivity contribution < 1.29 is 14.3 Å². The van der Waals surface area contributed by atoms with Crippen molar-refractivity contribution in [3.05, 3.63) is 34.9 Å². The molecule has 0 aromatic heterocycles. The summed E-state index contributed by atoms with van der Waals surface area (Å²) in [6.07, 6.45) is 0.750. The topological polar surface area (TPSA) is 58.6 Å². The number of benzene rings is 1. The number of piperidine rings is 1. The standard InChI is InChI=1S/C17H23ClN2O3/c1-17(2,3)19-16(22)23-14-8-10-20(11-9-14)15(21)12-4-6-13(18)7-5-12/h4-7,14H,8-11H2,1-3H3,(H,19,22). The summed E-state index contributed by atoms with van der Waals surface area (Å²) >= 11 is 5.84. The minimum Gasteiger partial charge on any atom is -0.446 e. The monoisotopic (exact) mass is 338 g/mol. The highest BCUT2D eigenvalue weighted by Gasteiger charge is 2.26. The van der Waals surface area contributed by atoms with Gasteiger partial charge < -0.3 is 15.0 Å². The molecule has 0 saturated carbocycles. The van der Waals surface area contributed by atoms with Gasteiger partial charge in [-0.2, -0.15) is 0 Å². The van der Waals surface area contributed by atoms with Crippen LogP contribution in [0.25, 0.3) is 0 Å². The van der Waals surface area contributed by atoms with Crippen molar-refractivity contribution in [3.63, 3.8) is 0 Å². The Morgan fingerprint density at radius 3 is 2.26 bits per heavy atom. The molecule has 2 amide bonds. The van der Waals surface area contributed by atoms with Gasteiger partial charge in [0, 0.05) is 42.1 Å². The maximum absolute atomic E-state index is 12.4. The highest BCUT2D eigenvalue weighted by Crippen LogP contribution is 2.18. The largest absolute Gasteiger partial charge is 0.446 e. The van der Waals surface area contributed by atoms with Crippen molar-refractivity contribution in [3.8, 4) is 0 Å². The smallest absolute Gasteiger partial charge is 0.407 e. The number of carbonyl (C=O) groups is 2. The fraction of sp³-hybridized carbons (Fsp3) is 0.529. The molecule has 0 unspecified atom stereocenters. The molecule has 0 aliphatic carbocycles. The molecule has 1 fully saturated rings. The molecule has 0 radical (unpaired) electrons. The van der Waals surface area contributed by atoms with Crippen molar-refractivity contribution in [2.45, 2.75) is 45.3 Å². The van der Waals surface area contributed by atoms with Crippen LogP contribution in [0.3, 0.4) is 0 Å². The summed E-state index contributed by atoms with van der Waals surface area (Å²) in [6.45, 7) is 6.87. The Morgan fingerprint density at radius 1 is 1.17 bits per heavy atom. The first-order valence-electron chi connectivity index (χ1n) is 7.78. The normalized spacial score (nSPS) is 16.1. The van der Waals surface area contributed by atoms with Gasteiger partial charge in [0.25, 0.3) is 5.91 Å². The van der Waals surface area contributed by atoms with Gasteiger partial charge in [-0.1, -0.05) is 11.6 Å². The van der Waals surface area contributed by atoms with Crippen molar-refractivity contribution in [2.24, 2.45) is 0 Å². The van der Waals surface area contributed by atoms with E-state index in [0.717, 1.165) is 0 Å². The Morgan fingerprint density at radius 2 is 1.74 bits per heavy atom. The first-order chi connectivity index (χ1) is 10.7. The number of alkyl carbamates (subject to hydrolysis) is 1. The summed E-state index contributed by atoms with van der Waals surface area (Å²) in [6, 6.07) is 6.87. The van der Waals surface area contributed by atoms with Gasteiger partial charge in [-0.25, -0.2) is 4.79 Å². The molecule has 0 spiro atoms. The second kappa shape index (κ2) is 7.21. The Bertz CT molecular complexity index is 558. The minimum absolute atomic E-state index is 0.0146. The maximum atomic E-state index is 12.4. The molecule has 1 N–H and O–H groups in total. The van der Waals surface area contributed by atoms with Crippen LogP contribution in [0, 0.1) is 0 Å². The molecule has 1 aliphatic heterocycles. The number of rotatable bonds is 2. The number of hydrogen-bond donors (Lipinski definition) is 1. The summed E-state index contributed by atoms with van der Waals surface area (Å²) in [5.74, 6) is -0.0146. The summed E-state index contributed by atoms with van der Waals surface area (Å²) in [7, 11) is 0. The predicted molar refractivity (Wildman–Crippen MR) is 89.7 cm³/mol. The van der Waals surface area contributed by atoms with E-state index in [1.807, 2.05) is 20.8 Å². The van der Waals surface area contributed by atoms with Crippen LogP contribution in [-0.4, -0.2) is 41.6 Å². The maximum Gasteiger partial charge on any atom is 0.407 e. The Labute approximate surface area is 141 Å². The number of amides is 2. The summed E-state index contributed by atoms with van der Waals surface area (Å²) in [5.41, 5.74) is 0.307. The van der Waals surface area contributed by atoms with Crippen LogP contribution < -0.4 is 5.32 Å². The number of likely N-dealkylation sites (tertiary alicyclic amines) is 1. The van der Waals surface area contributed by atoms with Gasteiger partial charge in [-0.3, -0.25) is 4.79 Å². The van der Waals surface area contributed by atoms with E-state index in [-0.39, 0.29) is 17.6 Å². The first-order valence-corrected chi connectivity index (χ1v) is 8.16. The van der Waals surface area contributed by atoms with E-state index in [9.17, 15) is 9.59 Å². The van der Waals surface area contributed by atoms with Crippen molar-refractivity contribution >= 4 is 23.6 Å². The van der Waals surface area contributed by atoms with Gasteiger partial charge in [-0.05, 0) is 45.0 Å². The lowest BCUT2D eigenvalue weighted by molar-refractivity contribution is 0.0404. The van der Waals surface area contributed by atoms with Gasteiger partial charge in [0.05, 0.1) is 0 Å². The van der Waals surface area contributed by atoms with Gasteiger partial charge in [0.2, 0.25) is 0 Å². The Balaban J connectivity index is 1.83. The lowest BCUT2D eigenvalue weighted by Gasteiger charge is -2.32. The first kappa shape index (κ1) is 17.6. The zero-order valence-electron chi connectivity index (χ0n) is 13.8. The molecule has 6 heteroatoms. The quantitative estimate of drug-likeness (QED) is 0.898. The van der Waals surface area contributed by atoms with Crippen LogP contribution in [0.1, 0.15) is 44.0 Å². The second-order valence-corrected chi connectivity index (χ2v) is 7.22. The molecule has 1 heterocycles. The van der Waals surface area contributed by atoms with E-state index in [1.165, 1.54) is 0 Å². The van der Waals surface area contributed by atoms with E-state index in [2.05, 4.69) is 5.32 Å². The van der Waals surface area contributed by atoms with Crippen LogP contribution in [0.15, 0.2) is 24.3 Å². The van der Waals surface area contributed by atoms with Crippen LogP contribution in [0.5, 0.6) is 0 Å². The Hall–Kier alpha value is -1.75. The molecule has 0 atom stereocenters. The van der Waals surface area contributed by atoms with Crippen molar-refractivity contribution in [1.29, 1.82) is 0 Å². The van der Waals surface area contributed by atoms with E-state index in [0.29, 0.717) is 36.5 Å². The highest BCUT2D eigenvalue weighted by molar-refractivity contribution is 6.30. The molecule has 23 heavy (non-hydrogen) atoms.